The highest BCUT2D eigenvalue weighted by atomic mass is 32.2. The summed E-state index contributed by atoms with van der Waals surface area (Å²) in [5.41, 5.74) is -1.92. The van der Waals surface area contributed by atoms with Gasteiger partial charge in [-0.1, -0.05) is 29.2 Å². The van der Waals surface area contributed by atoms with E-state index in [1.165, 1.54) is 23.1 Å². The summed E-state index contributed by atoms with van der Waals surface area (Å²) in [6.45, 7) is 1.79. The number of hydrogen-bond donors (Lipinski definition) is 5. The first-order valence-corrected chi connectivity index (χ1v) is 13.3. The number of nitrogens with one attached hydrogen (secondary N) is 1. The summed E-state index contributed by atoms with van der Waals surface area (Å²) in [6, 6.07) is 3.09. The highest BCUT2D eigenvalue weighted by Crippen LogP contribution is 2.47. The van der Waals surface area contributed by atoms with Gasteiger partial charge in [-0.05, 0) is 30.2 Å². The summed E-state index contributed by atoms with van der Waals surface area (Å²) >= 11 is 3.80. The molecule has 196 valence electrons. The van der Waals surface area contributed by atoms with Gasteiger partial charge in [-0.3, -0.25) is 19.3 Å². The van der Waals surface area contributed by atoms with E-state index in [9.17, 15) is 39.6 Å². The van der Waals surface area contributed by atoms with Gasteiger partial charge in [0.2, 0.25) is 5.91 Å². The van der Waals surface area contributed by atoms with Crippen LogP contribution in [-0.2, 0) is 23.9 Å². The number of thioether (sulfide) groups is 2. The number of aromatic nitrogens is 2. The second kappa shape index (κ2) is 10.2. The van der Waals surface area contributed by atoms with Crippen molar-refractivity contribution in [3.8, 4) is 11.5 Å². The smallest absolute Gasteiger partial charge is 0.352 e. The lowest BCUT2D eigenvalue weighted by molar-refractivity contribution is -0.193. The second-order valence-electron chi connectivity index (χ2n) is 7.92. The minimum Gasteiger partial charge on any atom is -0.504 e. The number of aryl methyl sites for hydroxylation is 1. The van der Waals surface area contributed by atoms with Gasteiger partial charge in [0, 0.05) is 18.6 Å². The predicted octanol–water partition coefficient (Wildman–Crippen LogP) is 0.931. The Morgan fingerprint density at radius 1 is 1.27 bits per heavy atom. The van der Waals surface area contributed by atoms with E-state index in [2.05, 4.69) is 15.5 Å². The van der Waals surface area contributed by atoms with Crippen molar-refractivity contribution in [2.75, 3.05) is 18.6 Å². The molecule has 1 aromatic heterocycles. The molecular weight excluding hydrogens is 548 g/mol. The first kappa shape index (κ1) is 26.7. The number of phenols is 2. The molecule has 3 heterocycles. The highest BCUT2D eigenvalue weighted by molar-refractivity contribution is 8.01. The van der Waals surface area contributed by atoms with E-state index in [1.807, 2.05) is 0 Å². The predicted molar refractivity (Wildman–Crippen MR) is 131 cm³/mol. The van der Waals surface area contributed by atoms with Crippen LogP contribution in [-0.4, -0.2) is 89.0 Å². The zero-order valence-corrected chi connectivity index (χ0v) is 21.6. The molecule has 1 saturated heterocycles. The highest BCUT2D eigenvalue weighted by Gasteiger charge is 2.67. The molecule has 2 aliphatic heterocycles. The number of rotatable bonds is 9. The molecule has 1 unspecified atom stereocenters. The average Bonchev–Trinajstić information content (AvgIpc) is 3.27. The maximum Gasteiger partial charge on any atom is 0.352 e. The van der Waals surface area contributed by atoms with Crippen molar-refractivity contribution >= 4 is 58.6 Å². The van der Waals surface area contributed by atoms with Crippen molar-refractivity contribution in [1.82, 2.24) is 20.4 Å². The number of amides is 2. The fourth-order valence-corrected chi connectivity index (χ4v) is 7.31. The summed E-state index contributed by atoms with van der Waals surface area (Å²) < 4.78 is 6.01. The number of benzene rings is 1. The molecule has 3 atom stereocenters. The van der Waals surface area contributed by atoms with Crippen LogP contribution < -0.4 is 5.32 Å². The van der Waals surface area contributed by atoms with Crippen LogP contribution in [0, 0.1) is 6.92 Å². The van der Waals surface area contributed by atoms with Crippen LogP contribution in [0.4, 0.5) is 0 Å². The van der Waals surface area contributed by atoms with Crippen LogP contribution in [0.25, 0.3) is 0 Å². The molecule has 0 radical (unpaired) electrons. The topological polar surface area (TPSA) is 199 Å². The first-order chi connectivity index (χ1) is 17.5. The van der Waals surface area contributed by atoms with E-state index >= 15 is 0 Å². The molecule has 2 aromatic rings. The van der Waals surface area contributed by atoms with Crippen LogP contribution in [0.1, 0.15) is 16.5 Å². The summed E-state index contributed by atoms with van der Waals surface area (Å²) in [5, 5.41) is 48.8. The number of aliphatic carboxylic acids is 2. The number of phenolic OH excluding ortho intramolecular Hbond substituents is 2. The van der Waals surface area contributed by atoms with Crippen molar-refractivity contribution in [2.45, 2.75) is 28.3 Å². The van der Waals surface area contributed by atoms with Crippen molar-refractivity contribution in [3.05, 3.63) is 40.0 Å². The Balaban J connectivity index is 1.59. The van der Waals surface area contributed by atoms with Gasteiger partial charge in [-0.15, -0.1) is 22.0 Å². The largest absolute Gasteiger partial charge is 0.504 e. The van der Waals surface area contributed by atoms with Crippen LogP contribution in [0.15, 0.2) is 33.8 Å². The Labute approximate surface area is 221 Å². The van der Waals surface area contributed by atoms with E-state index in [0.29, 0.717) is 9.91 Å². The Morgan fingerprint density at radius 2 is 2.00 bits per heavy atom. The first-order valence-electron chi connectivity index (χ1n) is 10.5. The molecule has 2 aliphatic rings. The Morgan fingerprint density at radius 3 is 2.57 bits per heavy atom. The molecule has 5 N–H and O–H groups in total. The van der Waals surface area contributed by atoms with Crippen LogP contribution in [0.2, 0.25) is 0 Å². The lowest BCUT2D eigenvalue weighted by Crippen LogP contribution is -2.81. The SMILES string of the molecule is CO[C@@]1(NC(=O)C(C(=O)O)c2ccc(O)c(O)c2)C(=O)N2C(C(=O)O)=C(CSc3nnc(C)s3)CS[C@H]21. The molecule has 0 aliphatic carbocycles. The molecular formula is C21H20N4O9S3. The van der Waals surface area contributed by atoms with Gasteiger partial charge in [0.05, 0.1) is 0 Å². The monoisotopic (exact) mass is 568 g/mol. The maximum atomic E-state index is 13.3. The minimum absolute atomic E-state index is 0.149. The van der Waals surface area contributed by atoms with Crippen LogP contribution in [0.3, 0.4) is 0 Å². The number of nitrogens with zero attached hydrogens (tertiary/aromatic N) is 3. The summed E-state index contributed by atoms with van der Waals surface area (Å²) in [5.74, 6) is -7.44. The zero-order valence-electron chi connectivity index (χ0n) is 19.2. The van der Waals surface area contributed by atoms with Gasteiger partial charge in [0.15, 0.2) is 21.8 Å². The molecule has 4 rings (SSSR count). The van der Waals surface area contributed by atoms with E-state index in [0.717, 1.165) is 47.0 Å². The number of β-lactam (4-membered cyclic amide) rings is 1. The van der Waals surface area contributed by atoms with Crippen LogP contribution >= 0.6 is 34.9 Å². The van der Waals surface area contributed by atoms with Gasteiger partial charge < -0.3 is 30.5 Å². The van der Waals surface area contributed by atoms with E-state index in [4.69, 9.17) is 4.74 Å². The third-order valence-corrected chi connectivity index (χ3v) is 9.09. The fourth-order valence-electron chi connectivity index (χ4n) is 3.92. The molecule has 16 heteroatoms. The molecule has 1 aromatic carbocycles. The van der Waals surface area contributed by atoms with Gasteiger partial charge in [-0.2, -0.15) is 0 Å². The maximum absolute atomic E-state index is 13.3. The molecule has 37 heavy (non-hydrogen) atoms. The normalized spacial score (nSPS) is 21.7. The zero-order chi connectivity index (χ0) is 27.1. The Bertz CT molecular complexity index is 1330. The van der Waals surface area contributed by atoms with Crippen LogP contribution in [0.5, 0.6) is 11.5 Å². The quantitative estimate of drug-likeness (QED) is 0.0941. The van der Waals surface area contributed by atoms with Crippen molar-refractivity contribution < 1.29 is 44.3 Å². The standard InChI is InChI=1S/C21H20N4O9S3/c1-8-23-24-20(37-8)36-7-10-6-35-19-21(34-2,18(33)25(19)14(10)17(31)32)22-15(28)13(16(29)30)9-3-4-11(26)12(27)5-9/h3-5,13,19,26-27H,6-7H2,1-2H3,(H,22,28)(H,29,30)(H,31,32)/t13?,19-,21-/m0/s1. The number of carbonyl (C=O) groups is 4. The van der Waals surface area contributed by atoms with Crippen molar-refractivity contribution in [3.63, 3.8) is 0 Å². The summed E-state index contributed by atoms with van der Waals surface area (Å²) in [6.07, 6.45) is 0. The number of ether oxygens (including phenoxy) is 1. The van der Waals surface area contributed by atoms with E-state index in [1.54, 1.807) is 6.92 Å². The number of aromatic hydroxyl groups is 2. The lowest BCUT2D eigenvalue weighted by Gasteiger charge is -2.56. The number of hydrogen-bond acceptors (Lipinski definition) is 12. The number of carboxylic acid groups (broad SMARTS) is 2. The second-order valence-corrected chi connectivity index (χ2v) is 11.4. The number of carbonyl (C=O) groups excluding carboxylic acids is 2. The number of carboxylic acids is 2. The fraction of sp³-hybridized carbons (Fsp3) is 0.333. The van der Waals surface area contributed by atoms with E-state index < -0.39 is 52.3 Å². The van der Waals surface area contributed by atoms with E-state index in [-0.39, 0.29) is 22.8 Å². The van der Waals surface area contributed by atoms with Gasteiger partial charge in [0.1, 0.15) is 16.1 Å². The summed E-state index contributed by atoms with van der Waals surface area (Å²) in [7, 11) is 1.14. The molecule has 2 amide bonds. The Hall–Kier alpha value is -3.34. The minimum atomic E-state index is -2.01. The van der Waals surface area contributed by atoms with Gasteiger partial charge in [0.25, 0.3) is 11.6 Å². The third kappa shape index (κ3) is 4.72. The molecule has 13 nitrogen and oxygen atoms in total. The molecule has 0 spiro atoms. The van der Waals surface area contributed by atoms with Gasteiger partial charge >= 0.3 is 11.9 Å². The van der Waals surface area contributed by atoms with Crippen molar-refractivity contribution in [2.24, 2.45) is 0 Å². The Kier molecular flexibility index (Phi) is 7.36. The van der Waals surface area contributed by atoms with Crippen molar-refractivity contribution in [1.29, 1.82) is 0 Å². The number of fused-ring (bicyclic) bond motifs is 1. The average molecular weight is 569 g/mol. The molecule has 0 bridgehead atoms. The molecule has 1 fully saturated rings. The summed E-state index contributed by atoms with van der Waals surface area (Å²) in [4.78, 5) is 51.4. The van der Waals surface area contributed by atoms with Gasteiger partial charge in [-0.25, -0.2) is 4.79 Å². The third-order valence-electron chi connectivity index (χ3n) is 5.66. The lowest BCUT2D eigenvalue weighted by atomic mass is 9.94. The molecule has 0 saturated carbocycles. The number of methoxy groups -OCH3 is 1.